The van der Waals surface area contributed by atoms with Crippen LogP contribution in [0.2, 0.25) is 0 Å². The zero-order valence-electron chi connectivity index (χ0n) is 13.9. The standard InChI is InChI=1S/C18H23N3O2S/c1-13-17(12-19-21(13)15-9-5-6-10-15)20-24(22,23)18-11-16(18)14-7-3-2-4-8-14/h2-4,7-8,12,15-16,18,20H,5-6,9-11H2,1H3/t16-,18+/m0/s1. The summed E-state index contributed by atoms with van der Waals surface area (Å²) in [6.45, 7) is 1.95. The van der Waals surface area contributed by atoms with Crippen molar-refractivity contribution in [2.45, 2.75) is 56.2 Å². The van der Waals surface area contributed by atoms with Gasteiger partial charge in [-0.3, -0.25) is 9.40 Å². The van der Waals surface area contributed by atoms with E-state index in [2.05, 4.69) is 9.82 Å². The minimum atomic E-state index is -3.37. The maximum atomic E-state index is 12.7. The normalized spacial score (nSPS) is 24.2. The molecule has 2 aliphatic carbocycles. The van der Waals surface area contributed by atoms with E-state index in [9.17, 15) is 8.42 Å². The number of anilines is 1. The first-order chi connectivity index (χ1) is 11.6. The molecule has 128 valence electrons. The number of hydrogen-bond acceptors (Lipinski definition) is 3. The minimum absolute atomic E-state index is 0.105. The molecule has 0 radical (unpaired) electrons. The maximum Gasteiger partial charge on any atom is 0.236 e. The van der Waals surface area contributed by atoms with E-state index in [0.29, 0.717) is 18.2 Å². The van der Waals surface area contributed by atoms with Crippen LogP contribution in [-0.2, 0) is 10.0 Å². The highest BCUT2D eigenvalue weighted by Crippen LogP contribution is 2.46. The van der Waals surface area contributed by atoms with Crippen LogP contribution in [0.15, 0.2) is 36.5 Å². The lowest BCUT2D eigenvalue weighted by atomic mass is 10.1. The van der Waals surface area contributed by atoms with E-state index >= 15 is 0 Å². The van der Waals surface area contributed by atoms with Crippen molar-refractivity contribution < 1.29 is 8.42 Å². The van der Waals surface area contributed by atoms with Gasteiger partial charge in [-0.15, -0.1) is 0 Å². The number of sulfonamides is 1. The smallest absolute Gasteiger partial charge is 0.236 e. The Labute approximate surface area is 143 Å². The van der Waals surface area contributed by atoms with Crippen molar-refractivity contribution in [3.63, 3.8) is 0 Å². The molecule has 2 aromatic rings. The first-order valence-electron chi connectivity index (χ1n) is 8.67. The van der Waals surface area contributed by atoms with Crippen LogP contribution in [0.1, 0.15) is 55.3 Å². The van der Waals surface area contributed by atoms with Gasteiger partial charge in [-0.05, 0) is 31.7 Å². The average molecular weight is 345 g/mol. The molecule has 2 fully saturated rings. The van der Waals surface area contributed by atoms with E-state index in [1.54, 1.807) is 6.20 Å². The quantitative estimate of drug-likeness (QED) is 0.900. The molecule has 0 saturated heterocycles. The number of nitrogens with one attached hydrogen (secondary N) is 1. The number of nitrogens with zero attached hydrogens (tertiary/aromatic N) is 2. The SMILES string of the molecule is Cc1c(NS(=O)(=O)[C@@H]2C[C@H]2c2ccccc2)cnn1C1CCCC1. The molecule has 1 aromatic heterocycles. The summed E-state index contributed by atoms with van der Waals surface area (Å²) in [5.41, 5.74) is 2.65. The Morgan fingerprint density at radius 2 is 1.88 bits per heavy atom. The van der Waals surface area contributed by atoms with Gasteiger partial charge in [-0.1, -0.05) is 43.2 Å². The van der Waals surface area contributed by atoms with E-state index in [1.807, 2.05) is 41.9 Å². The van der Waals surface area contributed by atoms with Crippen LogP contribution in [-0.4, -0.2) is 23.4 Å². The summed E-state index contributed by atoms with van der Waals surface area (Å²) >= 11 is 0. The Morgan fingerprint density at radius 1 is 1.17 bits per heavy atom. The zero-order chi connectivity index (χ0) is 16.7. The molecule has 0 bridgehead atoms. The van der Waals surface area contributed by atoms with E-state index in [-0.39, 0.29) is 11.2 Å². The molecule has 2 saturated carbocycles. The van der Waals surface area contributed by atoms with Gasteiger partial charge in [0, 0.05) is 5.92 Å². The molecule has 1 aromatic carbocycles. The third-order valence-electron chi connectivity index (χ3n) is 5.33. The average Bonchev–Trinajstić information content (AvgIpc) is 3.09. The van der Waals surface area contributed by atoms with Gasteiger partial charge in [0.2, 0.25) is 10.0 Å². The van der Waals surface area contributed by atoms with Crippen LogP contribution in [0, 0.1) is 6.92 Å². The summed E-state index contributed by atoms with van der Waals surface area (Å²) in [4.78, 5) is 0. The zero-order valence-corrected chi connectivity index (χ0v) is 14.7. The topological polar surface area (TPSA) is 64.0 Å². The lowest BCUT2D eigenvalue weighted by Gasteiger charge is -2.13. The molecule has 0 unspecified atom stereocenters. The van der Waals surface area contributed by atoms with Crippen LogP contribution < -0.4 is 4.72 Å². The van der Waals surface area contributed by atoms with E-state index in [4.69, 9.17) is 0 Å². The van der Waals surface area contributed by atoms with Gasteiger partial charge in [-0.25, -0.2) is 8.42 Å². The van der Waals surface area contributed by atoms with Gasteiger partial charge in [0.05, 0.1) is 28.9 Å². The summed E-state index contributed by atoms with van der Waals surface area (Å²) in [5.74, 6) is 0.105. The van der Waals surface area contributed by atoms with E-state index in [1.165, 1.54) is 12.8 Å². The van der Waals surface area contributed by atoms with Crippen molar-refractivity contribution in [1.29, 1.82) is 0 Å². The first kappa shape index (κ1) is 15.7. The highest BCUT2D eigenvalue weighted by Gasteiger charge is 2.48. The fourth-order valence-electron chi connectivity index (χ4n) is 3.84. The van der Waals surface area contributed by atoms with Crippen molar-refractivity contribution in [2.24, 2.45) is 0 Å². The van der Waals surface area contributed by atoms with E-state index in [0.717, 1.165) is 24.1 Å². The molecule has 1 heterocycles. The number of hydrogen-bond donors (Lipinski definition) is 1. The van der Waals surface area contributed by atoms with Crippen molar-refractivity contribution in [1.82, 2.24) is 9.78 Å². The Morgan fingerprint density at radius 3 is 2.58 bits per heavy atom. The van der Waals surface area contributed by atoms with Crippen molar-refractivity contribution in [3.05, 3.63) is 47.8 Å². The Kier molecular flexibility index (Phi) is 3.87. The third-order valence-corrected chi connectivity index (χ3v) is 7.15. The van der Waals surface area contributed by atoms with Gasteiger partial charge in [0.15, 0.2) is 0 Å². The lowest BCUT2D eigenvalue weighted by Crippen LogP contribution is -2.19. The summed E-state index contributed by atoms with van der Waals surface area (Å²) in [5, 5.41) is 4.09. The van der Waals surface area contributed by atoms with E-state index < -0.39 is 10.0 Å². The molecule has 6 heteroatoms. The summed E-state index contributed by atoms with van der Waals surface area (Å²) in [6.07, 6.45) is 7.07. The molecule has 0 amide bonds. The van der Waals surface area contributed by atoms with Crippen molar-refractivity contribution >= 4 is 15.7 Å². The van der Waals surface area contributed by atoms with Crippen LogP contribution in [0.3, 0.4) is 0 Å². The largest absolute Gasteiger partial charge is 0.280 e. The lowest BCUT2D eigenvalue weighted by molar-refractivity contribution is 0.457. The first-order valence-corrected chi connectivity index (χ1v) is 10.2. The summed E-state index contributed by atoms with van der Waals surface area (Å²) in [6, 6.07) is 10.3. The van der Waals surface area contributed by atoms with Crippen LogP contribution in [0.25, 0.3) is 0 Å². The third kappa shape index (κ3) is 2.83. The van der Waals surface area contributed by atoms with Crippen LogP contribution in [0.4, 0.5) is 5.69 Å². The number of benzene rings is 1. The second kappa shape index (κ2) is 5.92. The minimum Gasteiger partial charge on any atom is -0.280 e. The molecule has 5 nitrogen and oxygen atoms in total. The monoisotopic (exact) mass is 345 g/mol. The fraction of sp³-hybridized carbons (Fsp3) is 0.500. The molecular weight excluding hydrogens is 322 g/mol. The second-order valence-electron chi connectivity index (χ2n) is 6.96. The molecular formula is C18H23N3O2S. The maximum absolute atomic E-state index is 12.7. The predicted octanol–water partition coefficient (Wildman–Crippen LogP) is 3.60. The second-order valence-corrected chi connectivity index (χ2v) is 8.86. The summed E-state index contributed by atoms with van der Waals surface area (Å²) < 4.78 is 30.1. The van der Waals surface area contributed by atoms with Crippen LogP contribution >= 0.6 is 0 Å². The molecule has 0 aliphatic heterocycles. The van der Waals surface area contributed by atoms with Gasteiger partial charge in [-0.2, -0.15) is 5.10 Å². The van der Waals surface area contributed by atoms with Crippen LogP contribution in [0.5, 0.6) is 0 Å². The predicted molar refractivity (Wildman–Crippen MR) is 94.6 cm³/mol. The highest BCUT2D eigenvalue weighted by molar-refractivity contribution is 7.93. The Balaban J connectivity index is 1.49. The molecule has 4 rings (SSSR count). The van der Waals surface area contributed by atoms with Gasteiger partial charge in [0.1, 0.15) is 0 Å². The van der Waals surface area contributed by atoms with Gasteiger partial charge >= 0.3 is 0 Å². The Bertz CT molecular complexity index is 823. The van der Waals surface area contributed by atoms with Crippen molar-refractivity contribution in [2.75, 3.05) is 4.72 Å². The molecule has 1 N–H and O–H groups in total. The number of aromatic nitrogens is 2. The molecule has 0 spiro atoms. The highest BCUT2D eigenvalue weighted by atomic mass is 32.2. The van der Waals surface area contributed by atoms with Gasteiger partial charge in [0.25, 0.3) is 0 Å². The van der Waals surface area contributed by atoms with Crippen molar-refractivity contribution in [3.8, 4) is 0 Å². The molecule has 24 heavy (non-hydrogen) atoms. The molecule has 2 aliphatic rings. The fourth-order valence-corrected chi connectivity index (χ4v) is 5.54. The van der Waals surface area contributed by atoms with Gasteiger partial charge < -0.3 is 0 Å². The Hall–Kier alpha value is -1.82. The summed E-state index contributed by atoms with van der Waals surface area (Å²) in [7, 11) is -3.37. The number of rotatable bonds is 5. The molecule has 2 atom stereocenters.